The topological polar surface area (TPSA) is 66.5 Å². The summed E-state index contributed by atoms with van der Waals surface area (Å²) in [5.41, 5.74) is 0.382. The van der Waals surface area contributed by atoms with Crippen molar-refractivity contribution in [3.63, 3.8) is 0 Å². The van der Waals surface area contributed by atoms with Gasteiger partial charge in [-0.3, -0.25) is 4.79 Å². The van der Waals surface area contributed by atoms with E-state index in [2.05, 4.69) is 19.2 Å². The minimum absolute atomic E-state index is 0.181. The first-order valence-electron chi connectivity index (χ1n) is 8.71. The Labute approximate surface area is 146 Å². The van der Waals surface area contributed by atoms with Gasteiger partial charge in [0.25, 0.3) is 5.91 Å². The second-order valence-electron chi connectivity index (χ2n) is 6.37. The van der Waals surface area contributed by atoms with Crippen LogP contribution in [0.15, 0.2) is 29.2 Å². The third-order valence-corrected chi connectivity index (χ3v) is 5.58. The molecule has 0 fully saturated rings. The lowest BCUT2D eigenvalue weighted by Gasteiger charge is -2.21. The Morgan fingerprint density at radius 3 is 2.33 bits per heavy atom. The number of nitrogens with one attached hydrogen (secondary N) is 1. The van der Waals surface area contributed by atoms with Crippen LogP contribution in [0.2, 0.25) is 0 Å². The van der Waals surface area contributed by atoms with E-state index in [4.69, 9.17) is 0 Å². The minimum Gasteiger partial charge on any atom is -0.352 e. The highest BCUT2D eigenvalue weighted by atomic mass is 32.2. The molecule has 0 spiro atoms. The van der Waals surface area contributed by atoms with Gasteiger partial charge >= 0.3 is 0 Å². The van der Waals surface area contributed by atoms with Gasteiger partial charge in [0.15, 0.2) is 0 Å². The van der Waals surface area contributed by atoms with E-state index < -0.39 is 10.0 Å². The highest BCUT2D eigenvalue weighted by molar-refractivity contribution is 7.89. The molecular formula is C18H30N2O3S. The monoisotopic (exact) mass is 354 g/mol. The summed E-state index contributed by atoms with van der Waals surface area (Å²) in [5, 5.41) is 2.84. The fourth-order valence-electron chi connectivity index (χ4n) is 2.37. The number of nitrogens with zero attached hydrogens (tertiary/aromatic N) is 1. The highest BCUT2D eigenvalue weighted by Crippen LogP contribution is 2.18. The Morgan fingerprint density at radius 1 is 1.17 bits per heavy atom. The van der Waals surface area contributed by atoms with E-state index in [1.54, 1.807) is 18.2 Å². The average molecular weight is 355 g/mol. The van der Waals surface area contributed by atoms with Gasteiger partial charge in [0, 0.05) is 25.2 Å². The van der Waals surface area contributed by atoms with Crippen LogP contribution in [0.4, 0.5) is 0 Å². The van der Waals surface area contributed by atoms with Crippen molar-refractivity contribution in [2.75, 3.05) is 19.6 Å². The van der Waals surface area contributed by atoms with E-state index in [0.29, 0.717) is 31.1 Å². The third kappa shape index (κ3) is 5.91. The molecule has 1 N–H and O–H groups in total. The molecule has 24 heavy (non-hydrogen) atoms. The van der Waals surface area contributed by atoms with Gasteiger partial charge in [-0.05, 0) is 43.4 Å². The molecule has 0 aliphatic rings. The maximum Gasteiger partial charge on any atom is 0.251 e. The number of sulfonamides is 1. The molecular weight excluding hydrogens is 324 g/mol. The van der Waals surface area contributed by atoms with Crippen molar-refractivity contribution in [3.05, 3.63) is 29.8 Å². The van der Waals surface area contributed by atoms with Gasteiger partial charge in [0.1, 0.15) is 0 Å². The van der Waals surface area contributed by atoms with E-state index in [-0.39, 0.29) is 10.8 Å². The van der Waals surface area contributed by atoms with Crippen LogP contribution in [0.3, 0.4) is 0 Å². The zero-order valence-electron chi connectivity index (χ0n) is 15.2. The second-order valence-corrected chi connectivity index (χ2v) is 8.31. The van der Waals surface area contributed by atoms with Crippen LogP contribution in [0.1, 0.15) is 57.3 Å². The summed E-state index contributed by atoms with van der Waals surface area (Å²) >= 11 is 0. The summed E-state index contributed by atoms with van der Waals surface area (Å²) in [6.07, 6.45) is 2.41. The highest BCUT2D eigenvalue weighted by Gasteiger charge is 2.23. The molecule has 0 aliphatic heterocycles. The zero-order chi connectivity index (χ0) is 18.2. The van der Waals surface area contributed by atoms with Crippen molar-refractivity contribution in [3.8, 4) is 0 Å². The lowest BCUT2D eigenvalue weighted by molar-refractivity contribution is 0.0952. The van der Waals surface area contributed by atoms with Crippen molar-refractivity contribution >= 4 is 15.9 Å². The van der Waals surface area contributed by atoms with Crippen LogP contribution in [-0.4, -0.2) is 38.3 Å². The van der Waals surface area contributed by atoms with E-state index in [9.17, 15) is 13.2 Å². The molecule has 1 aromatic rings. The minimum atomic E-state index is -3.56. The van der Waals surface area contributed by atoms with Crippen LogP contribution in [0.5, 0.6) is 0 Å². The zero-order valence-corrected chi connectivity index (χ0v) is 16.0. The molecule has 1 amide bonds. The molecule has 0 atom stereocenters. The molecule has 0 saturated heterocycles. The van der Waals surface area contributed by atoms with Crippen molar-refractivity contribution in [1.82, 2.24) is 9.62 Å². The number of hydrogen-bond acceptors (Lipinski definition) is 3. The summed E-state index contributed by atoms with van der Waals surface area (Å²) in [4.78, 5) is 12.4. The van der Waals surface area contributed by atoms with E-state index in [1.165, 1.54) is 10.4 Å². The fraction of sp³-hybridized carbons (Fsp3) is 0.611. The maximum atomic E-state index is 12.8. The average Bonchev–Trinajstić information content (AvgIpc) is 2.54. The lowest BCUT2D eigenvalue weighted by atomic mass is 10.1. The Hall–Kier alpha value is -1.40. The molecule has 1 rings (SSSR count). The van der Waals surface area contributed by atoms with Crippen LogP contribution in [0, 0.1) is 5.92 Å². The van der Waals surface area contributed by atoms with E-state index in [0.717, 1.165) is 19.3 Å². The Balaban J connectivity index is 2.95. The molecule has 0 saturated carbocycles. The number of amides is 1. The second kappa shape index (κ2) is 9.79. The number of carbonyl (C=O) groups is 1. The predicted octanol–water partition coefficient (Wildman–Crippen LogP) is 3.27. The largest absolute Gasteiger partial charge is 0.352 e. The van der Waals surface area contributed by atoms with Crippen LogP contribution < -0.4 is 5.32 Å². The summed E-state index contributed by atoms with van der Waals surface area (Å²) in [7, 11) is -3.56. The Morgan fingerprint density at radius 2 is 1.79 bits per heavy atom. The molecule has 0 bridgehead atoms. The van der Waals surface area contributed by atoms with Gasteiger partial charge in [0.05, 0.1) is 4.90 Å². The SMILES string of the molecule is CCCN(CCC)S(=O)(=O)c1cccc(C(=O)NCCC(C)C)c1. The van der Waals surface area contributed by atoms with Gasteiger partial charge in [-0.25, -0.2) is 8.42 Å². The molecule has 6 heteroatoms. The Kier molecular flexibility index (Phi) is 8.42. The van der Waals surface area contributed by atoms with Crippen molar-refractivity contribution in [1.29, 1.82) is 0 Å². The number of benzene rings is 1. The molecule has 136 valence electrons. The predicted molar refractivity (Wildman–Crippen MR) is 97.6 cm³/mol. The van der Waals surface area contributed by atoms with Gasteiger partial charge in [-0.2, -0.15) is 4.31 Å². The summed E-state index contributed by atoms with van der Waals surface area (Å²) in [5.74, 6) is 0.277. The van der Waals surface area contributed by atoms with Crippen molar-refractivity contribution < 1.29 is 13.2 Å². The smallest absolute Gasteiger partial charge is 0.251 e. The van der Waals surface area contributed by atoms with Crippen LogP contribution >= 0.6 is 0 Å². The molecule has 0 heterocycles. The molecule has 1 aromatic carbocycles. The van der Waals surface area contributed by atoms with Crippen LogP contribution in [0.25, 0.3) is 0 Å². The molecule has 0 aromatic heterocycles. The van der Waals surface area contributed by atoms with Gasteiger partial charge < -0.3 is 5.32 Å². The first-order chi connectivity index (χ1) is 11.3. The standard InChI is InChI=1S/C18H30N2O3S/c1-5-12-20(13-6-2)24(22,23)17-9-7-8-16(14-17)18(21)19-11-10-15(3)4/h7-9,14-15H,5-6,10-13H2,1-4H3,(H,19,21). The van der Waals surface area contributed by atoms with Crippen molar-refractivity contribution in [2.45, 2.75) is 51.9 Å². The Bertz CT molecular complexity index is 621. The number of rotatable bonds is 10. The van der Waals surface area contributed by atoms with E-state index >= 15 is 0 Å². The molecule has 5 nitrogen and oxygen atoms in total. The van der Waals surface area contributed by atoms with Crippen molar-refractivity contribution in [2.24, 2.45) is 5.92 Å². The lowest BCUT2D eigenvalue weighted by Crippen LogP contribution is -2.33. The normalized spacial score (nSPS) is 11.9. The fourth-order valence-corrected chi connectivity index (χ4v) is 4.04. The molecule has 0 aliphatic carbocycles. The number of carbonyl (C=O) groups excluding carboxylic acids is 1. The molecule has 0 unspecified atom stereocenters. The van der Waals surface area contributed by atoms with Gasteiger partial charge in [-0.1, -0.05) is 33.8 Å². The summed E-state index contributed by atoms with van der Waals surface area (Å²) in [6.45, 7) is 9.66. The first-order valence-corrected chi connectivity index (χ1v) is 10.1. The van der Waals surface area contributed by atoms with E-state index in [1.807, 2.05) is 13.8 Å². The third-order valence-electron chi connectivity index (χ3n) is 3.69. The quantitative estimate of drug-likeness (QED) is 0.701. The molecule has 0 radical (unpaired) electrons. The number of hydrogen-bond donors (Lipinski definition) is 1. The van der Waals surface area contributed by atoms with Gasteiger partial charge in [-0.15, -0.1) is 0 Å². The summed E-state index contributed by atoms with van der Waals surface area (Å²) in [6, 6.07) is 6.30. The summed E-state index contributed by atoms with van der Waals surface area (Å²) < 4.78 is 27.1. The maximum absolute atomic E-state index is 12.8. The first kappa shape index (κ1) is 20.6. The van der Waals surface area contributed by atoms with Crippen LogP contribution in [-0.2, 0) is 10.0 Å². The van der Waals surface area contributed by atoms with Gasteiger partial charge in [0.2, 0.25) is 10.0 Å².